The van der Waals surface area contributed by atoms with Crippen LogP contribution < -0.4 is 10.6 Å². The normalized spacial score (nSPS) is 12.9. The Morgan fingerprint density at radius 3 is 2.81 bits per heavy atom. The van der Waals surface area contributed by atoms with Gasteiger partial charge < -0.3 is 9.73 Å². The molecule has 32 heavy (non-hydrogen) atoms. The van der Waals surface area contributed by atoms with E-state index in [0.717, 1.165) is 31.2 Å². The number of thiocarbonyl (C=S) groups is 1. The molecule has 0 aliphatic heterocycles. The van der Waals surface area contributed by atoms with Crippen LogP contribution in [0.2, 0.25) is 10.0 Å². The third-order valence-corrected chi connectivity index (χ3v) is 6.93. The first-order valence-corrected chi connectivity index (χ1v) is 11.8. The highest BCUT2D eigenvalue weighted by Gasteiger charge is 2.21. The van der Waals surface area contributed by atoms with Gasteiger partial charge in [-0.05, 0) is 79.9 Å². The van der Waals surface area contributed by atoms with Gasteiger partial charge in [-0.25, -0.2) is 0 Å². The summed E-state index contributed by atoms with van der Waals surface area (Å²) in [6.07, 6.45) is 6.96. The van der Waals surface area contributed by atoms with Crippen LogP contribution in [-0.2, 0) is 17.6 Å². The minimum absolute atomic E-state index is 0.142. The number of nitrogens with zero attached hydrogens (tertiary/aromatic N) is 1. The molecule has 0 spiro atoms. The lowest BCUT2D eigenvalue weighted by Crippen LogP contribution is -2.32. The number of hydrogen-bond donors (Lipinski definition) is 2. The average molecular weight is 502 g/mol. The monoisotopic (exact) mass is 501 g/mol. The molecule has 0 unspecified atom stereocenters. The quantitative estimate of drug-likeness (QED) is 0.311. The van der Waals surface area contributed by atoms with E-state index in [-0.39, 0.29) is 5.11 Å². The molecule has 9 heteroatoms. The van der Waals surface area contributed by atoms with Gasteiger partial charge in [-0.15, -0.1) is 11.3 Å². The van der Waals surface area contributed by atoms with Crippen molar-refractivity contribution in [3.8, 4) is 17.4 Å². The maximum absolute atomic E-state index is 12.3. The van der Waals surface area contributed by atoms with Gasteiger partial charge in [0.15, 0.2) is 5.11 Å². The minimum Gasteiger partial charge on any atom is -0.457 e. The molecule has 1 amide bonds. The number of carbonyl (C=O) groups excluding carboxylic acids is 1. The fraction of sp³-hybridized carbons (Fsp3) is 0.174. The van der Waals surface area contributed by atoms with Crippen molar-refractivity contribution in [1.82, 2.24) is 5.32 Å². The van der Waals surface area contributed by atoms with Crippen LogP contribution in [0.3, 0.4) is 0 Å². The molecule has 0 radical (unpaired) electrons. The van der Waals surface area contributed by atoms with E-state index < -0.39 is 5.91 Å². The fourth-order valence-corrected chi connectivity index (χ4v) is 5.51. The fourth-order valence-electron chi connectivity index (χ4n) is 3.49. The van der Waals surface area contributed by atoms with Crippen LogP contribution in [-0.4, -0.2) is 11.0 Å². The molecule has 1 aliphatic rings. The summed E-state index contributed by atoms with van der Waals surface area (Å²) in [7, 11) is 0. The molecule has 3 aromatic rings. The molecule has 0 saturated heterocycles. The molecule has 0 saturated carbocycles. The number of nitrogens with one attached hydrogen (secondary N) is 2. The second-order valence-electron chi connectivity index (χ2n) is 7.13. The topological polar surface area (TPSA) is 78.1 Å². The van der Waals surface area contributed by atoms with Gasteiger partial charge in [0, 0.05) is 21.5 Å². The van der Waals surface area contributed by atoms with Crippen LogP contribution in [0.4, 0.5) is 5.00 Å². The van der Waals surface area contributed by atoms with Gasteiger partial charge in [0.05, 0.1) is 10.6 Å². The molecule has 2 N–H and O–H groups in total. The molecule has 1 aliphatic carbocycles. The maximum atomic E-state index is 12.3. The van der Waals surface area contributed by atoms with Gasteiger partial charge in [-0.3, -0.25) is 10.1 Å². The summed E-state index contributed by atoms with van der Waals surface area (Å²) >= 11 is 18.9. The van der Waals surface area contributed by atoms with Crippen LogP contribution in [0.15, 0.2) is 40.8 Å². The maximum Gasteiger partial charge on any atom is 0.250 e. The molecular formula is C23H17Cl2N3O2S2. The predicted molar refractivity (Wildman–Crippen MR) is 133 cm³/mol. The van der Waals surface area contributed by atoms with Crippen LogP contribution in [0, 0.1) is 11.3 Å². The largest absolute Gasteiger partial charge is 0.457 e. The van der Waals surface area contributed by atoms with Crippen molar-refractivity contribution < 1.29 is 9.21 Å². The Hall–Kier alpha value is -2.63. The summed E-state index contributed by atoms with van der Waals surface area (Å²) in [6, 6.07) is 10.9. The Bertz CT molecular complexity index is 1270. The number of benzene rings is 1. The second-order valence-corrected chi connectivity index (χ2v) is 9.49. The van der Waals surface area contributed by atoms with Crippen LogP contribution in [0.25, 0.3) is 17.4 Å². The van der Waals surface area contributed by atoms with E-state index in [9.17, 15) is 10.1 Å². The smallest absolute Gasteiger partial charge is 0.250 e. The molecule has 0 atom stereocenters. The van der Waals surface area contributed by atoms with E-state index in [4.69, 9.17) is 39.8 Å². The number of nitriles is 1. The molecule has 5 nitrogen and oxygen atoms in total. The number of fused-ring (bicyclic) bond motifs is 1. The van der Waals surface area contributed by atoms with Gasteiger partial charge in [0.25, 0.3) is 0 Å². The van der Waals surface area contributed by atoms with E-state index in [1.807, 2.05) is 0 Å². The number of thiophene rings is 1. The summed E-state index contributed by atoms with van der Waals surface area (Å²) in [4.78, 5) is 13.5. The Morgan fingerprint density at radius 2 is 2.03 bits per heavy atom. The van der Waals surface area contributed by atoms with Crippen LogP contribution >= 0.6 is 46.8 Å². The molecule has 162 valence electrons. The number of halogens is 2. The number of amides is 1. The van der Waals surface area contributed by atoms with E-state index in [0.29, 0.717) is 37.7 Å². The summed E-state index contributed by atoms with van der Waals surface area (Å²) in [6.45, 7) is 0. The lowest BCUT2D eigenvalue weighted by molar-refractivity contribution is -0.115. The van der Waals surface area contributed by atoms with Crippen LogP contribution in [0.5, 0.6) is 0 Å². The van der Waals surface area contributed by atoms with E-state index >= 15 is 0 Å². The highest BCUT2D eigenvalue weighted by atomic mass is 35.5. The Kier molecular flexibility index (Phi) is 6.97. The third kappa shape index (κ3) is 5.05. The molecule has 0 fully saturated rings. The molecule has 0 bridgehead atoms. The first-order chi connectivity index (χ1) is 15.4. The van der Waals surface area contributed by atoms with Gasteiger partial charge in [-0.2, -0.15) is 5.26 Å². The van der Waals surface area contributed by atoms with Crippen molar-refractivity contribution in [2.45, 2.75) is 25.7 Å². The highest BCUT2D eigenvalue weighted by molar-refractivity contribution is 7.80. The SMILES string of the molecule is N#Cc1c(NC(=S)NC(=O)/C=C/c2ccc(-c3ccc(Cl)cc3Cl)o2)sc2c1CCCC2. The van der Waals surface area contributed by atoms with Gasteiger partial charge in [0.2, 0.25) is 5.91 Å². The number of rotatable bonds is 4. The van der Waals surface area contributed by atoms with E-state index in [1.165, 1.54) is 28.4 Å². The lowest BCUT2D eigenvalue weighted by Gasteiger charge is -2.09. The number of furan rings is 1. The highest BCUT2D eigenvalue weighted by Crippen LogP contribution is 2.37. The number of anilines is 1. The Balaban J connectivity index is 1.38. The summed E-state index contributed by atoms with van der Waals surface area (Å²) in [5.74, 6) is 0.636. The van der Waals surface area contributed by atoms with Crippen molar-refractivity contribution in [2.75, 3.05) is 5.32 Å². The number of hydrogen-bond acceptors (Lipinski definition) is 5. The lowest BCUT2D eigenvalue weighted by atomic mass is 9.96. The first-order valence-electron chi connectivity index (χ1n) is 9.84. The van der Waals surface area contributed by atoms with Crippen molar-refractivity contribution >= 4 is 68.9 Å². The summed E-state index contributed by atoms with van der Waals surface area (Å²) in [5.41, 5.74) is 2.44. The van der Waals surface area contributed by atoms with Gasteiger partial charge >= 0.3 is 0 Å². The predicted octanol–water partition coefficient (Wildman–Crippen LogP) is 6.59. The summed E-state index contributed by atoms with van der Waals surface area (Å²) < 4.78 is 5.74. The van der Waals surface area contributed by atoms with Crippen molar-refractivity contribution in [1.29, 1.82) is 5.26 Å². The summed E-state index contributed by atoms with van der Waals surface area (Å²) in [5, 5.41) is 17.0. The number of carbonyl (C=O) groups is 1. The van der Waals surface area contributed by atoms with Gasteiger partial charge in [0.1, 0.15) is 22.6 Å². The van der Waals surface area contributed by atoms with Gasteiger partial charge in [-0.1, -0.05) is 23.2 Å². The molecule has 1 aromatic carbocycles. The second kappa shape index (κ2) is 9.88. The molecule has 4 rings (SSSR count). The Labute approximate surface area is 204 Å². The molecule has 2 aromatic heterocycles. The zero-order chi connectivity index (χ0) is 22.7. The zero-order valence-corrected chi connectivity index (χ0v) is 19.9. The minimum atomic E-state index is -0.412. The third-order valence-electron chi connectivity index (χ3n) is 4.97. The Morgan fingerprint density at radius 1 is 1.22 bits per heavy atom. The van der Waals surface area contributed by atoms with Crippen molar-refractivity contribution in [3.63, 3.8) is 0 Å². The van der Waals surface area contributed by atoms with Crippen LogP contribution in [0.1, 0.15) is 34.6 Å². The molecular weight excluding hydrogens is 485 g/mol. The van der Waals surface area contributed by atoms with E-state index in [2.05, 4.69) is 16.7 Å². The molecule has 2 heterocycles. The zero-order valence-electron chi connectivity index (χ0n) is 16.7. The average Bonchev–Trinajstić information content (AvgIpc) is 3.36. The van der Waals surface area contributed by atoms with Crippen molar-refractivity contribution in [2.24, 2.45) is 0 Å². The first kappa shape index (κ1) is 22.6. The van der Waals surface area contributed by atoms with Crippen molar-refractivity contribution in [3.05, 3.63) is 68.2 Å². The van der Waals surface area contributed by atoms with E-state index in [1.54, 1.807) is 30.3 Å². The standard InChI is InChI=1S/C23H17Cl2N3O2S2/c24-13-5-8-16(18(25)11-13)19-9-6-14(30-19)7-10-21(29)27-23(31)28-22-17(12-26)15-3-1-2-4-20(15)32-22/h5-11H,1-4H2,(H2,27,28,29,31)/b10-7+. The number of aryl methyl sites for hydroxylation is 1.